The van der Waals surface area contributed by atoms with Gasteiger partial charge in [0.05, 0.1) is 26.2 Å². The summed E-state index contributed by atoms with van der Waals surface area (Å²) in [5.74, 6) is 2.11. The number of nitrogens with one attached hydrogen (secondary N) is 2. The fourth-order valence-electron chi connectivity index (χ4n) is 4.82. The molecule has 3 N–H and O–H groups in total. The van der Waals surface area contributed by atoms with Crippen LogP contribution >= 0.6 is 0 Å². The molecule has 0 spiro atoms. The van der Waals surface area contributed by atoms with Crippen molar-refractivity contribution in [3.8, 4) is 11.5 Å². The Bertz CT molecular complexity index is 1100. The Morgan fingerprint density at radius 3 is 2.50 bits per heavy atom. The molecule has 1 saturated carbocycles. The molecule has 1 fully saturated rings. The Kier molecular flexibility index (Phi) is 9.12. The molecule has 2 aromatic rings. The number of amides is 3. The van der Waals surface area contributed by atoms with Gasteiger partial charge in [0, 0.05) is 42.5 Å². The maximum absolute atomic E-state index is 13.4. The number of carbonyl (C=O) groups is 2. The molecule has 0 unspecified atom stereocenters. The minimum atomic E-state index is -0.394. The highest BCUT2D eigenvalue weighted by Crippen LogP contribution is 2.31. The van der Waals surface area contributed by atoms with Gasteiger partial charge in [-0.25, -0.2) is 4.79 Å². The number of aliphatic hydroxyl groups excluding tert-OH is 1. The van der Waals surface area contributed by atoms with Crippen LogP contribution < -0.4 is 20.1 Å². The number of hydrogen-bond acceptors (Lipinski definition) is 6. The number of fused-ring (bicyclic) bond motifs is 1. The zero-order chi connectivity index (χ0) is 27.2. The molecule has 1 aliphatic heterocycles. The zero-order valence-corrected chi connectivity index (χ0v) is 22.8. The van der Waals surface area contributed by atoms with Crippen LogP contribution in [-0.4, -0.2) is 79.4 Å². The second kappa shape index (κ2) is 12.5. The van der Waals surface area contributed by atoms with Gasteiger partial charge in [0.25, 0.3) is 0 Å². The Morgan fingerprint density at radius 2 is 1.84 bits per heavy atom. The van der Waals surface area contributed by atoms with Gasteiger partial charge in [-0.15, -0.1) is 0 Å². The van der Waals surface area contributed by atoms with E-state index in [1.165, 1.54) is 12.8 Å². The highest BCUT2D eigenvalue weighted by molar-refractivity contribution is 6.00. The molecule has 1 heterocycles. The number of nitrogens with zero attached hydrogens (tertiary/aromatic N) is 2. The van der Waals surface area contributed by atoms with Gasteiger partial charge in [-0.3, -0.25) is 4.79 Å². The smallest absolute Gasteiger partial charge is 0.323 e. The average Bonchev–Trinajstić information content (AvgIpc) is 3.71. The summed E-state index contributed by atoms with van der Waals surface area (Å²) in [6, 6.07) is 11.8. The summed E-state index contributed by atoms with van der Waals surface area (Å²) in [5.41, 5.74) is 1.89. The average molecular weight is 525 g/mol. The fourth-order valence-corrected chi connectivity index (χ4v) is 4.82. The maximum Gasteiger partial charge on any atom is 0.323 e. The molecule has 0 bridgehead atoms. The van der Waals surface area contributed by atoms with Gasteiger partial charge >= 0.3 is 6.03 Å². The Hall–Kier alpha value is -3.30. The number of carbonyl (C=O) groups excluding carboxylic acids is 2. The number of ether oxygens (including phenoxy) is 2. The molecular weight excluding hydrogens is 484 g/mol. The molecule has 0 radical (unpaired) electrons. The van der Waals surface area contributed by atoms with Crippen LogP contribution in [0.3, 0.4) is 0 Å². The van der Waals surface area contributed by atoms with E-state index in [0.29, 0.717) is 35.0 Å². The van der Waals surface area contributed by atoms with Crippen molar-refractivity contribution < 1.29 is 24.2 Å². The first-order valence-corrected chi connectivity index (χ1v) is 13.4. The van der Waals surface area contributed by atoms with Crippen molar-refractivity contribution in [2.24, 2.45) is 11.8 Å². The molecule has 206 valence electrons. The number of methoxy groups -OCH3 is 1. The third kappa shape index (κ3) is 7.39. The van der Waals surface area contributed by atoms with E-state index < -0.39 is 6.03 Å². The minimum absolute atomic E-state index is 0.0635. The van der Waals surface area contributed by atoms with E-state index in [-0.39, 0.29) is 37.0 Å². The number of hydrogen-bond donors (Lipinski definition) is 3. The molecule has 38 heavy (non-hydrogen) atoms. The van der Waals surface area contributed by atoms with Crippen LogP contribution in [0.15, 0.2) is 42.5 Å². The second-order valence-corrected chi connectivity index (χ2v) is 10.7. The lowest BCUT2D eigenvalue weighted by atomic mass is 10.0. The van der Waals surface area contributed by atoms with E-state index in [9.17, 15) is 14.7 Å². The summed E-state index contributed by atoms with van der Waals surface area (Å²) in [7, 11) is 3.71. The van der Waals surface area contributed by atoms with Gasteiger partial charge in [-0.1, -0.05) is 6.92 Å². The van der Waals surface area contributed by atoms with Crippen molar-refractivity contribution in [1.82, 2.24) is 9.80 Å². The van der Waals surface area contributed by atoms with E-state index >= 15 is 0 Å². The Labute approximate surface area is 225 Å². The maximum atomic E-state index is 13.4. The zero-order valence-electron chi connectivity index (χ0n) is 22.8. The SMILES string of the molecule is COc1ccc(NC(=O)Nc2ccc3c(c2)CC(=O)N([C@@H](C)CO)C[C@@H](C)[C@H](CN(C)CC2CC2)O3)cc1. The monoisotopic (exact) mass is 524 g/mol. The molecular formula is C29H40N4O5. The Morgan fingerprint density at radius 1 is 1.16 bits per heavy atom. The largest absolute Gasteiger partial charge is 0.497 e. The van der Waals surface area contributed by atoms with Gasteiger partial charge in [0.1, 0.15) is 17.6 Å². The summed E-state index contributed by atoms with van der Waals surface area (Å²) in [4.78, 5) is 30.1. The van der Waals surface area contributed by atoms with E-state index in [2.05, 4.69) is 29.5 Å². The van der Waals surface area contributed by atoms with Crippen molar-refractivity contribution in [3.05, 3.63) is 48.0 Å². The third-order valence-corrected chi connectivity index (χ3v) is 7.28. The minimum Gasteiger partial charge on any atom is -0.497 e. The van der Waals surface area contributed by atoms with Crippen molar-refractivity contribution in [2.75, 3.05) is 51.0 Å². The number of rotatable bonds is 9. The second-order valence-electron chi connectivity index (χ2n) is 10.7. The van der Waals surface area contributed by atoms with Crippen molar-refractivity contribution in [3.63, 3.8) is 0 Å². The van der Waals surface area contributed by atoms with Gasteiger partial charge in [-0.2, -0.15) is 0 Å². The van der Waals surface area contributed by atoms with E-state index in [1.54, 1.807) is 48.4 Å². The van der Waals surface area contributed by atoms with Crippen molar-refractivity contribution in [2.45, 2.75) is 45.3 Å². The highest BCUT2D eigenvalue weighted by Gasteiger charge is 2.32. The standard InChI is InChI=1S/C29H40N4O5/c1-19-15-33(20(2)18-34)28(35)14-22-13-24(31-29(36)30-23-7-10-25(37-4)11-8-23)9-12-26(22)38-27(19)17-32(3)16-21-5-6-21/h7-13,19-21,27,34H,5-6,14-18H2,1-4H3,(H2,30,31,36)/t19-,20+,27+/m1/s1. The molecule has 9 heteroatoms. The normalized spacial score (nSPS) is 20.5. The lowest BCUT2D eigenvalue weighted by Crippen LogP contribution is -2.47. The van der Waals surface area contributed by atoms with Crippen LogP contribution in [0.4, 0.5) is 16.2 Å². The predicted molar refractivity (Wildman–Crippen MR) is 148 cm³/mol. The first kappa shape index (κ1) is 27.7. The Balaban J connectivity index is 1.53. The molecule has 0 aromatic heterocycles. The summed E-state index contributed by atoms with van der Waals surface area (Å²) >= 11 is 0. The van der Waals surface area contributed by atoms with Gasteiger partial charge in [0.2, 0.25) is 5.91 Å². The number of aliphatic hydroxyl groups is 1. The third-order valence-electron chi connectivity index (χ3n) is 7.28. The number of urea groups is 1. The van der Waals surface area contributed by atoms with E-state index in [1.807, 2.05) is 13.0 Å². The number of benzene rings is 2. The first-order chi connectivity index (χ1) is 18.2. The van der Waals surface area contributed by atoms with Crippen LogP contribution in [0.5, 0.6) is 11.5 Å². The summed E-state index contributed by atoms with van der Waals surface area (Å²) in [6.45, 7) is 6.15. The quantitative estimate of drug-likeness (QED) is 0.461. The van der Waals surface area contributed by atoms with Crippen LogP contribution in [-0.2, 0) is 11.2 Å². The summed E-state index contributed by atoms with van der Waals surface area (Å²) in [5, 5.41) is 15.5. The van der Waals surface area contributed by atoms with Crippen LogP contribution in [0, 0.1) is 11.8 Å². The van der Waals surface area contributed by atoms with Crippen LogP contribution in [0.2, 0.25) is 0 Å². The van der Waals surface area contributed by atoms with E-state index in [4.69, 9.17) is 9.47 Å². The lowest BCUT2D eigenvalue weighted by Gasteiger charge is -2.34. The van der Waals surface area contributed by atoms with E-state index in [0.717, 1.165) is 19.0 Å². The number of likely N-dealkylation sites (N-methyl/N-ethyl adjacent to an activating group) is 1. The van der Waals surface area contributed by atoms with Crippen molar-refractivity contribution in [1.29, 1.82) is 0 Å². The van der Waals surface area contributed by atoms with Gasteiger partial charge in [-0.05, 0) is 75.2 Å². The highest BCUT2D eigenvalue weighted by atomic mass is 16.5. The van der Waals surface area contributed by atoms with Crippen molar-refractivity contribution >= 4 is 23.3 Å². The van der Waals surface area contributed by atoms with Crippen LogP contribution in [0.1, 0.15) is 32.3 Å². The lowest BCUT2D eigenvalue weighted by molar-refractivity contribution is -0.134. The summed E-state index contributed by atoms with van der Waals surface area (Å²) < 4.78 is 11.7. The van der Waals surface area contributed by atoms with Gasteiger partial charge < -0.3 is 35.0 Å². The number of anilines is 2. The molecule has 2 aliphatic rings. The summed E-state index contributed by atoms with van der Waals surface area (Å²) in [6.07, 6.45) is 2.56. The molecule has 2 aromatic carbocycles. The van der Waals surface area contributed by atoms with Crippen LogP contribution in [0.25, 0.3) is 0 Å². The van der Waals surface area contributed by atoms with Gasteiger partial charge in [0.15, 0.2) is 0 Å². The first-order valence-electron chi connectivity index (χ1n) is 13.4. The molecule has 4 rings (SSSR count). The molecule has 3 atom stereocenters. The fraction of sp³-hybridized carbons (Fsp3) is 0.517. The molecule has 9 nitrogen and oxygen atoms in total. The molecule has 1 aliphatic carbocycles. The predicted octanol–water partition coefficient (Wildman–Crippen LogP) is 3.83. The topological polar surface area (TPSA) is 103 Å². The molecule has 3 amide bonds. The molecule has 0 saturated heterocycles.